The first-order valence-electron chi connectivity index (χ1n) is 7.00. The van der Waals surface area contributed by atoms with Gasteiger partial charge in [-0.2, -0.15) is 0 Å². The van der Waals surface area contributed by atoms with Crippen LogP contribution < -0.4 is 5.32 Å². The van der Waals surface area contributed by atoms with Gasteiger partial charge in [-0.3, -0.25) is 4.79 Å². The summed E-state index contributed by atoms with van der Waals surface area (Å²) in [4.78, 5) is 23.2. The summed E-state index contributed by atoms with van der Waals surface area (Å²) in [5, 5.41) is 2.62. The highest BCUT2D eigenvalue weighted by molar-refractivity contribution is 5.94. The third kappa shape index (κ3) is 5.39. The van der Waals surface area contributed by atoms with E-state index in [1.165, 1.54) is 18.2 Å². The standard InChI is InChI=1S/C18H16FNO3/c1-13-5-4-7-15(11-13)20-17(21)12-23-18(22)10-9-14-6-2-3-8-16(14)19/h2-11H,12H2,1H3,(H,20,21)/b10-9+. The van der Waals surface area contributed by atoms with Gasteiger partial charge in [-0.15, -0.1) is 0 Å². The van der Waals surface area contributed by atoms with Crippen molar-refractivity contribution in [3.63, 3.8) is 0 Å². The lowest BCUT2D eigenvalue weighted by Gasteiger charge is -2.06. The average Bonchev–Trinajstić information content (AvgIpc) is 2.52. The molecule has 0 atom stereocenters. The minimum atomic E-state index is -0.715. The number of halogens is 1. The van der Waals surface area contributed by atoms with Crippen molar-refractivity contribution in [2.45, 2.75) is 6.92 Å². The van der Waals surface area contributed by atoms with Gasteiger partial charge in [0.2, 0.25) is 0 Å². The first kappa shape index (κ1) is 16.4. The minimum Gasteiger partial charge on any atom is -0.452 e. The van der Waals surface area contributed by atoms with Gasteiger partial charge in [0.1, 0.15) is 5.82 Å². The van der Waals surface area contributed by atoms with Crippen LogP contribution >= 0.6 is 0 Å². The van der Waals surface area contributed by atoms with Gasteiger partial charge in [0.05, 0.1) is 0 Å². The molecule has 1 amide bonds. The Hall–Kier alpha value is -2.95. The SMILES string of the molecule is Cc1cccc(NC(=O)COC(=O)/C=C/c2ccccc2F)c1. The summed E-state index contributed by atoms with van der Waals surface area (Å²) in [5.74, 6) is -1.59. The fraction of sp³-hybridized carbons (Fsp3) is 0.111. The molecule has 0 spiro atoms. The van der Waals surface area contributed by atoms with E-state index in [0.29, 0.717) is 5.69 Å². The summed E-state index contributed by atoms with van der Waals surface area (Å²) < 4.78 is 18.2. The first-order valence-corrected chi connectivity index (χ1v) is 7.00. The number of carbonyl (C=O) groups excluding carboxylic acids is 2. The molecule has 23 heavy (non-hydrogen) atoms. The molecule has 4 nitrogen and oxygen atoms in total. The molecular formula is C18H16FNO3. The number of hydrogen-bond donors (Lipinski definition) is 1. The van der Waals surface area contributed by atoms with Crippen molar-refractivity contribution in [3.05, 3.63) is 71.6 Å². The van der Waals surface area contributed by atoms with Crippen LogP contribution in [0, 0.1) is 12.7 Å². The van der Waals surface area contributed by atoms with Crippen molar-refractivity contribution in [2.75, 3.05) is 11.9 Å². The van der Waals surface area contributed by atoms with Crippen molar-refractivity contribution in [3.8, 4) is 0 Å². The zero-order valence-electron chi connectivity index (χ0n) is 12.6. The summed E-state index contributed by atoms with van der Waals surface area (Å²) >= 11 is 0. The van der Waals surface area contributed by atoms with Gasteiger partial charge >= 0.3 is 5.97 Å². The number of ether oxygens (including phenoxy) is 1. The number of carbonyl (C=O) groups is 2. The van der Waals surface area contributed by atoms with E-state index in [1.807, 2.05) is 19.1 Å². The van der Waals surface area contributed by atoms with Gasteiger partial charge in [-0.25, -0.2) is 9.18 Å². The Bertz CT molecular complexity index is 741. The van der Waals surface area contributed by atoms with Gasteiger partial charge in [0.25, 0.3) is 5.91 Å². The second kappa shape index (κ2) is 7.89. The Kier molecular flexibility index (Phi) is 5.63. The van der Waals surface area contributed by atoms with E-state index < -0.39 is 24.3 Å². The average molecular weight is 313 g/mol. The molecule has 0 radical (unpaired) electrons. The first-order chi connectivity index (χ1) is 11.0. The molecule has 0 saturated heterocycles. The fourth-order valence-electron chi connectivity index (χ4n) is 1.87. The summed E-state index contributed by atoms with van der Waals surface area (Å²) in [5.41, 5.74) is 1.91. The van der Waals surface area contributed by atoms with Crippen LogP contribution in [0.3, 0.4) is 0 Å². The van der Waals surface area contributed by atoms with Crippen molar-refractivity contribution >= 4 is 23.6 Å². The molecule has 0 unspecified atom stereocenters. The van der Waals surface area contributed by atoms with Crippen LogP contribution in [0.25, 0.3) is 6.08 Å². The normalized spacial score (nSPS) is 10.5. The zero-order chi connectivity index (χ0) is 16.7. The van der Waals surface area contributed by atoms with E-state index in [4.69, 9.17) is 4.74 Å². The molecule has 0 saturated carbocycles. The molecule has 0 heterocycles. The van der Waals surface area contributed by atoms with Crippen LogP contribution in [0.5, 0.6) is 0 Å². The molecule has 0 aliphatic rings. The summed E-state index contributed by atoms with van der Waals surface area (Å²) in [7, 11) is 0. The van der Waals surface area contributed by atoms with Crippen LogP contribution in [-0.2, 0) is 14.3 Å². The molecule has 2 aromatic rings. The molecule has 2 rings (SSSR count). The minimum absolute atomic E-state index is 0.272. The van der Waals surface area contributed by atoms with Crippen LogP contribution in [0.4, 0.5) is 10.1 Å². The number of anilines is 1. The lowest BCUT2D eigenvalue weighted by Crippen LogP contribution is -2.20. The van der Waals surface area contributed by atoms with Gasteiger partial charge in [0.15, 0.2) is 6.61 Å². The van der Waals surface area contributed by atoms with Crippen LogP contribution in [0.1, 0.15) is 11.1 Å². The molecule has 0 aromatic heterocycles. The third-order valence-corrected chi connectivity index (χ3v) is 2.95. The molecule has 5 heteroatoms. The lowest BCUT2D eigenvalue weighted by molar-refractivity contribution is -0.142. The third-order valence-electron chi connectivity index (χ3n) is 2.95. The second-order valence-corrected chi connectivity index (χ2v) is 4.88. The number of hydrogen-bond acceptors (Lipinski definition) is 3. The highest BCUT2D eigenvalue weighted by atomic mass is 19.1. The summed E-state index contributed by atoms with van der Waals surface area (Å²) in [6.45, 7) is 1.50. The Balaban J connectivity index is 1.82. The maximum atomic E-state index is 13.4. The molecular weight excluding hydrogens is 297 g/mol. The van der Waals surface area contributed by atoms with E-state index in [0.717, 1.165) is 11.6 Å². The summed E-state index contributed by atoms with van der Waals surface area (Å²) in [6, 6.07) is 13.3. The molecule has 0 bridgehead atoms. The van der Waals surface area contributed by atoms with Crippen LogP contribution in [0.15, 0.2) is 54.6 Å². The predicted molar refractivity (Wildman–Crippen MR) is 86.2 cm³/mol. The van der Waals surface area contributed by atoms with Gasteiger partial charge in [0, 0.05) is 17.3 Å². The molecule has 2 aromatic carbocycles. The van der Waals surface area contributed by atoms with Gasteiger partial charge in [-0.1, -0.05) is 30.3 Å². The van der Waals surface area contributed by atoms with E-state index in [9.17, 15) is 14.0 Å². The molecule has 118 valence electrons. The number of rotatable bonds is 5. The Morgan fingerprint density at radius 1 is 1.17 bits per heavy atom. The lowest BCUT2D eigenvalue weighted by atomic mass is 10.2. The Labute approximate surface area is 133 Å². The van der Waals surface area contributed by atoms with E-state index in [1.54, 1.807) is 24.3 Å². The van der Waals surface area contributed by atoms with Crippen molar-refractivity contribution in [1.82, 2.24) is 0 Å². The van der Waals surface area contributed by atoms with E-state index in [2.05, 4.69) is 5.32 Å². The van der Waals surface area contributed by atoms with Crippen molar-refractivity contribution in [2.24, 2.45) is 0 Å². The van der Waals surface area contributed by atoms with Gasteiger partial charge < -0.3 is 10.1 Å². The Morgan fingerprint density at radius 2 is 1.96 bits per heavy atom. The van der Waals surface area contributed by atoms with Gasteiger partial charge in [-0.05, 0) is 36.8 Å². The maximum Gasteiger partial charge on any atom is 0.331 e. The fourth-order valence-corrected chi connectivity index (χ4v) is 1.87. The molecule has 0 fully saturated rings. The number of nitrogens with one attached hydrogen (secondary N) is 1. The summed E-state index contributed by atoms with van der Waals surface area (Å²) in [6.07, 6.45) is 2.38. The number of benzene rings is 2. The predicted octanol–water partition coefficient (Wildman–Crippen LogP) is 3.33. The number of esters is 1. The van der Waals surface area contributed by atoms with Crippen molar-refractivity contribution in [1.29, 1.82) is 0 Å². The number of aryl methyl sites for hydroxylation is 1. The van der Waals surface area contributed by atoms with E-state index >= 15 is 0 Å². The Morgan fingerprint density at radius 3 is 2.70 bits per heavy atom. The smallest absolute Gasteiger partial charge is 0.331 e. The second-order valence-electron chi connectivity index (χ2n) is 4.88. The highest BCUT2D eigenvalue weighted by Crippen LogP contribution is 2.10. The monoisotopic (exact) mass is 313 g/mol. The largest absolute Gasteiger partial charge is 0.452 e. The maximum absolute atomic E-state index is 13.4. The van der Waals surface area contributed by atoms with Crippen LogP contribution in [-0.4, -0.2) is 18.5 Å². The zero-order valence-corrected chi connectivity index (χ0v) is 12.6. The highest BCUT2D eigenvalue weighted by Gasteiger charge is 2.06. The number of amides is 1. The molecule has 0 aliphatic heterocycles. The van der Waals surface area contributed by atoms with E-state index in [-0.39, 0.29) is 5.56 Å². The molecule has 0 aliphatic carbocycles. The topological polar surface area (TPSA) is 55.4 Å². The van der Waals surface area contributed by atoms with Crippen LogP contribution in [0.2, 0.25) is 0 Å². The van der Waals surface area contributed by atoms with Crippen molar-refractivity contribution < 1.29 is 18.7 Å². The molecule has 1 N–H and O–H groups in total. The quantitative estimate of drug-likeness (QED) is 0.680.